The monoisotopic (exact) mass is 534 g/mol. The van der Waals surface area contributed by atoms with E-state index in [9.17, 15) is 20.4 Å². The fourth-order valence-electron chi connectivity index (χ4n) is 6.05. The van der Waals surface area contributed by atoms with Crippen LogP contribution in [0.2, 0.25) is 0 Å². The normalized spacial score (nSPS) is 11.8. The molecule has 8 aromatic rings. The van der Waals surface area contributed by atoms with Gasteiger partial charge < -0.3 is 25.2 Å². The molecule has 0 fully saturated rings. The van der Waals surface area contributed by atoms with Gasteiger partial charge in [0.05, 0.1) is 0 Å². The maximum atomic E-state index is 11.2. The van der Waals surface area contributed by atoms with Crippen molar-refractivity contribution >= 4 is 64.6 Å². The molecule has 0 radical (unpaired) electrons. The van der Waals surface area contributed by atoms with Crippen LogP contribution in [-0.2, 0) is 0 Å². The predicted molar refractivity (Wildman–Crippen MR) is 165 cm³/mol. The number of hydrogen-bond donors (Lipinski definition) is 4. The molecule has 0 aromatic heterocycles. The Balaban J connectivity index is 1.48. The van der Waals surface area contributed by atoms with Crippen molar-refractivity contribution in [2.24, 2.45) is 0 Å². The Morgan fingerprint density at radius 1 is 0.341 bits per heavy atom. The lowest BCUT2D eigenvalue weighted by atomic mass is 9.96. The third kappa shape index (κ3) is 3.42. The summed E-state index contributed by atoms with van der Waals surface area (Å²) in [6.45, 7) is 0. The second-order valence-electron chi connectivity index (χ2n) is 10.4. The first-order valence-electron chi connectivity index (χ1n) is 13.2. The highest BCUT2D eigenvalue weighted by Crippen LogP contribution is 2.51. The van der Waals surface area contributed by atoms with Crippen LogP contribution in [0.3, 0.4) is 0 Å². The molecule has 0 unspecified atom stereocenters. The molecule has 41 heavy (non-hydrogen) atoms. The fraction of sp³-hybridized carbons (Fsp3) is 0. The van der Waals surface area contributed by atoms with Gasteiger partial charge in [-0.2, -0.15) is 0 Å². The lowest BCUT2D eigenvalue weighted by Gasteiger charge is -2.18. The van der Waals surface area contributed by atoms with Gasteiger partial charge in [0, 0.05) is 33.7 Å². The average Bonchev–Trinajstić information content (AvgIpc) is 2.98. The van der Waals surface area contributed by atoms with Gasteiger partial charge in [-0.3, -0.25) is 0 Å². The number of ether oxygens (including phenoxy) is 1. The molecule has 0 amide bonds. The van der Waals surface area contributed by atoms with E-state index >= 15 is 0 Å². The van der Waals surface area contributed by atoms with E-state index < -0.39 is 0 Å². The summed E-state index contributed by atoms with van der Waals surface area (Å²) in [6.07, 6.45) is 0. The molecule has 0 aliphatic heterocycles. The minimum Gasteiger partial charge on any atom is -0.507 e. The number of benzene rings is 8. The number of phenolic OH excluding ortho intramolecular Hbond substituents is 4. The fourth-order valence-corrected chi connectivity index (χ4v) is 6.05. The quantitative estimate of drug-likeness (QED) is 0.131. The van der Waals surface area contributed by atoms with E-state index in [1.165, 1.54) is 12.1 Å². The number of phenols is 4. The lowest BCUT2D eigenvalue weighted by molar-refractivity contribution is 0.386. The predicted octanol–water partition coefficient (Wildman–Crippen LogP) is 9.22. The molecule has 196 valence electrons. The molecule has 0 saturated carbocycles. The molecular formula is C36H22O5. The molecule has 0 bridgehead atoms. The summed E-state index contributed by atoms with van der Waals surface area (Å²) in [5, 5.41) is 53.5. The first-order valence-corrected chi connectivity index (χ1v) is 13.2. The van der Waals surface area contributed by atoms with Crippen LogP contribution in [0.5, 0.6) is 34.5 Å². The molecular weight excluding hydrogens is 512 g/mol. The van der Waals surface area contributed by atoms with Crippen molar-refractivity contribution in [3.8, 4) is 34.5 Å². The van der Waals surface area contributed by atoms with Gasteiger partial charge in [0.2, 0.25) is 0 Å². The highest BCUT2D eigenvalue weighted by atomic mass is 16.5. The zero-order valence-corrected chi connectivity index (χ0v) is 21.6. The van der Waals surface area contributed by atoms with Crippen molar-refractivity contribution < 1.29 is 25.2 Å². The molecule has 0 atom stereocenters. The van der Waals surface area contributed by atoms with Crippen molar-refractivity contribution in [3.05, 3.63) is 109 Å². The summed E-state index contributed by atoms with van der Waals surface area (Å²) in [4.78, 5) is 0. The van der Waals surface area contributed by atoms with E-state index in [2.05, 4.69) is 12.1 Å². The minimum atomic E-state index is -0.276. The van der Waals surface area contributed by atoms with Gasteiger partial charge in [-0.25, -0.2) is 0 Å². The molecule has 0 heterocycles. The molecule has 5 heteroatoms. The van der Waals surface area contributed by atoms with Crippen molar-refractivity contribution in [3.63, 3.8) is 0 Å². The maximum Gasteiger partial charge on any atom is 0.177 e. The zero-order valence-electron chi connectivity index (χ0n) is 21.6. The van der Waals surface area contributed by atoms with E-state index in [-0.39, 0.29) is 34.5 Å². The Hall–Kier alpha value is -5.68. The summed E-state index contributed by atoms with van der Waals surface area (Å²) in [6, 6.07) is 34.0. The molecule has 0 aliphatic carbocycles. The highest BCUT2D eigenvalue weighted by molar-refractivity contribution is 6.19. The van der Waals surface area contributed by atoms with E-state index in [4.69, 9.17) is 4.74 Å². The number of hydrogen-bond acceptors (Lipinski definition) is 5. The lowest BCUT2D eigenvalue weighted by Crippen LogP contribution is -1.92. The summed E-state index contributed by atoms with van der Waals surface area (Å²) in [5.41, 5.74) is 0. The van der Waals surface area contributed by atoms with Crippen LogP contribution in [0.1, 0.15) is 0 Å². The van der Waals surface area contributed by atoms with E-state index in [0.29, 0.717) is 21.5 Å². The Bertz CT molecular complexity index is 2220. The Morgan fingerprint density at radius 2 is 0.732 bits per heavy atom. The first-order chi connectivity index (χ1) is 20.0. The Morgan fingerprint density at radius 3 is 1.15 bits per heavy atom. The molecule has 0 aliphatic rings. The molecule has 5 nitrogen and oxygen atoms in total. The van der Waals surface area contributed by atoms with Gasteiger partial charge in [-0.15, -0.1) is 0 Å². The smallest absolute Gasteiger partial charge is 0.177 e. The number of fused-ring (bicyclic) bond motifs is 8. The molecule has 0 spiro atoms. The first kappa shape index (κ1) is 23.2. The SMILES string of the molecule is Oc1cc(O)c2ccc3cc4ccccc4cc3c2c1Oc1c(O)cc(O)c2ccc3cc4ccccc4cc3c12. The number of aromatic hydroxyl groups is 4. The van der Waals surface area contributed by atoms with Crippen molar-refractivity contribution in [1.82, 2.24) is 0 Å². The van der Waals surface area contributed by atoms with Crippen LogP contribution in [0.15, 0.2) is 109 Å². The van der Waals surface area contributed by atoms with Crippen LogP contribution in [0.4, 0.5) is 0 Å². The van der Waals surface area contributed by atoms with Gasteiger partial charge in [0.15, 0.2) is 23.0 Å². The zero-order chi connectivity index (χ0) is 27.8. The molecule has 0 saturated heterocycles. The average molecular weight is 535 g/mol. The van der Waals surface area contributed by atoms with E-state index in [1.807, 2.05) is 72.8 Å². The summed E-state index contributed by atoms with van der Waals surface area (Å²) in [7, 11) is 0. The second-order valence-corrected chi connectivity index (χ2v) is 10.4. The van der Waals surface area contributed by atoms with Gasteiger partial charge in [0.1, 0.15) is 11.5 Å². The number of rotatable bonds is 2. The van der Waals surface area contributed by atoms with E-state index in [0.717, 1.165) is 43.1 Å². The highest BCUT2D eigenvalue weighted by Gasteiger charge is 2.22. The van der Waals surface area contributed by atoms with Crippen LogP contribution in [0.25, 0.3) is 64.6 Å². The Labute approximate surface area is 233 Å². The molecule has 8 aromatic carbocycles. The summed E-state index contributed by atoms with van der Waals surface area (Å²) >= 11 is 0. The van der Waals surface area contributed by atoms with Crippen molar-refractivity contribution in [2.45, 2.75) is 0 Å². The van der Waals surface area contributed by atoms with Gasteiger partial charge in [-0.1, -0.05) is 60.7 Å². The summed E-state index contributed by atoms with van der Waals surface area (Å²) < 4.78 is 6.49. The van der Waals surface area contributed by atoms with Gasteiger partial charge >= 0.3 is 0 Å². The topological polar surface area (TPSA) is 90.2 Å². The maximum absolute atomic E-state index is 11.2. The van der Waals surface area contributed by atoms with E-state index in [1.54, 1.807) is 12.1 Å². The molecule has 4 N–H and O–H groups in total. The summed E-state index contributed by atoms with van der Waals surface area (Å²) in [5.74, 6) is -0.533. The van der Waals surface area contributed by atoms with Crippen LogP contribution < -0.4 is 4.74 Å². The van der Waals surface area contributed by atoms with Crippen LogP contribution in [-0.4, -0.2) is 20.4 Å². The van der Waals surface area contributed by atoms with Crippen LogP contribution >= 0.6 is 0 Å². The molecule has 8 rings (SSSR count). The van der Waals surface area contributed by atoms with Crippen molar-refractivity contribution in [1.29, 1.82) is 0 Å². The third-order valence-electron chi connectivity index (χ3n) is 7.99. The van der Waals surface area contributed by atoms with Gasteiger partial charge in [0.25, 0.3) is 0 Å². The van der Waals surface area contributed by atoms with Gasteiger partial charge in [-0.05, 0) is 79.5 Å². The van der Waals surface area contributed by atoms with Crippen molar-refractivity contribution in [2.75, 3.05) is 0 Å². The Kier molecular flexibility index (Phi) is 4.76. The largest absolute Gasteiger partial charge is 0.507 e. The third-order valence-corrected chi connectivity index (χ3v) is 7.99. The minimum absolute atomic E-state index is 0.0865. The standard InChI is InChI=1S/C36H22O5/c37-29-17-31(39)35(33-25(29)11-9-23-13-19-5-1-3-7-21(19)15-27(23)33)41-36-32(40)18-30(38)26-12-10-24-14-20-6-2-4-8-22(20)16-28(24)34(26)36/h1-18,37-40H. The van der Waals surface area contributed by atoms with Crippen LogP contribution in [0, 0.1) is 0 Å². The second kappa shape index (κ2) is 8.41.